The van der Waals surface area contributed by atoms with Crippen molar-refractivity contribution in [1.29, 1.82) is 0 Å². The molecular formula is C23H17ClN4O3S4. The Bertz CT molecular complexity index is 1660. The molecule has 0 aliphatic carbocycles. The van der Waals surface area contributed by atoms with Crippen molar-refractivity contribution in [2.45, 2.75) is 21.5 Å². The average Bonchev–Trinajstić information content (AvgIpc) is 3.42. The van der Waals surface area contributed by atoms with Gasteiger partial charge in [0.05, 0.1) is 21.7 Å². The Morgan fingerprint density at radius 3 is 2.54 bits per heavy atom. The Labute approximate surface area is 218 Å². The molecule has 35 heavy (non-hydrogen) atoms. The zero-order valence-corrected chi connectivity index (χ0v) is 21.9. The summed E-state index contributed by atoms with van der Waals surface area (Å²) in [5, 5.41) is 8.80. The van der Waals surface area contributed by atoms with Crippen molar-refractivity contribution < 1.29 is 8.42 Å². The first-order valence-corrected chi connectivity index (χ1v) is 14.8. The summed E-state index contributed by atoms with van der Waals surface area (Å²) in [4.78, 5) is 12.5. The third-order valence-electron chi connectivity index (χ3n) is 5.07. The van der Waals surface area contributed by atoms with Crippen molar-refractivity contribution in [2.75, 3.05) is 4.72 Å². The third-order valence-corrected chi connectivity index (χ3v) is 9.89. The second kappa shape index (κ2) is 10.1. The lowest BCUT2D eigenvalue weighted by molar-refractivity contribution is 0.601. The molecule has 1 N–H and O–H groups in total. The first-order valence-electron chi connectivity index (χ1n) is 10.3. The molecule has 0 amide bonds. The van der Waals surface area contributed by atoms with Gasteiger partial charge in [-0.15, -0.1) is 10.2 Å². The van der Waals surface area contributed by atoms with E-state index >= 15 is 0 Å². The van der Waals surface area contributed by atoms with Crippen molar-refractivity contribution in [3.05, 3.63) is 98.6 Å². The van der Waals surface area contributed by atoms with Gasteiger partial charge in [-0.3, -0.25) is 14.1 Å². The maximum Gasteiger partial charge on any atom is 0.308 e. The van der Waals surface area contributed by atoms with Gasteiger partial charge in [-0.2, -0.15) is 0 Å². The van der Waals surface area contributed by atoms with Gasteiger partial charge in [-0.1, -0.05) is 94.6 Å². The van der Waals surface area contributed by atoms with Crippen LogP contribution >= 0.6 is 46.0 Å². The number of thioether (sulfide) groups is 1. The Hall–Kier alpha value is -2.70. The fourth-order valence-electron chi connectivity index (χ4n) is 3.36. The summed E-state index contributed by atoms with van der Waals surface area (Å²) in [5.41, 5.74) is 2.60. The molecule has 2 aromatic heterocycles. The lowest BCUT2D eigenvalue weighted by atomic mass is 10.2. The van der Waals surface area contributed by atoms with Gasteiger partial charge >= 0.3 is 4.87 Å². The predicted octanol–water partition coefficient (Wildman–Crippen LogP) is 5.71. The maximum absolute atomic E-state index is 13.0. The molecule has 0 atom stereocenters. The quantitative estimate of drug-likeness (QED) is 0.244. The van der Waals surface area contributed by atoms with E-state index in [1.807, 2.05) is 48.5 Å². The van der Waals surface area contributed by atoms with Crippen LogP contribution in [0.5, 0.6) is 0 Å². The third kappa shape index (κ3) is 5.44. The van der Waals surface area contributed by atoms with Crippen LogP contribution in [0, 0.1) is 0 Å². The molecule has 0 fully saturated rings. The highest BCUT2D eigenvalue weighted by Gasteiger charge is 2.19. The number of aromatic nitrogens is 3. The highest BCUT2D eigenvalue weighted by Crippen LogP contribution is 2.30. The van der Waals surface area contributed by atoms with Gasteiger partial charge in [0.1, 0.15) is 0 Å². The Balaban J connectivity index is 1.34. The summed E-state index contributed by atoms with van der Waals surface area (Å²) in [6.07, 6.45) is 0. The SMILES string of the molecule is O=c1sc2cc(S(=O)(=O)Nc3nnc(SCc4ccccc4)s3)ccc2n1Cc1ccccc1Cl. The fourth-order valence-corrected chi connectivity index (χ4v) is 7.53. The first-order chi connectivity index (χ1) is 16.9. The van der Waals surface area contributed by atoms with Gasteiger partial charge in [0, 0.05) is 10.8 Å². The molecular weight excluding hydrogens is 544 g/mol. The van der Waals surface area contributed by atoms with Crippen LogP contribution in [-0.2, 0) is 22.3 Å². The summed E-state index contributed by atoms with van der Waals surface area (Å²) in [6.45, 7) is 0.303. The number of hydrogen-bond donors (Lipinski definition) is 1. The van der Waals surface area contributed by atoms with Gasteiger partial charge in [0.15, 0.2) is 4.34 Å². The summed E-state index contributed by atoms with van der Waals surface area (Å²) < 4.78 is 31.3. The minimum atomic E-state index is -3.90. The second-order valence-corrected chi connectivity index (χ2v) is 12.7. The lowest BCUT2D eigenvalue weighted by Crippen LogP contribution is -2.14. The van der Waals surface area contributed by atoms with Crippen molar-refractivity contribution in [1.82, 2.24) is 14.8 Å². The topological polar surface area (TPSA) is 93.9 Å². The monoisotopic (exact) mass is 560 g/mol. The maximum atomic E-state index is 13.0. The minimum Gasteiger partial charge on any atom is -0.294 e. The largest absolute Gasteiger partial charge is 0.308 e. The van der Waals surface area contributed by atoms with Crippen LogP contribution in [0.1, 0.15) is 11.1 Å². The van der Waals surface area contributed by atoms with Crippen LogP contribution in [0.4, 0.5) is 5.13 Å². The van der Waals surface area contributed by atoms with Crippen LogP contribution in [-0.4, -0.2) is 23.2 Å². The summed E-state index contributed by atoms with van der Waals surface area (Å²) >= 11 is 9.90. The van der Waals surface area contributed by atoms with E-state index in [4.69, 9.17) is 11.6 Å². The van der Waals surface area contributed by atoms with Gasteiger partial charge < -0.3 is 0 Å². The van der Waals surface area contributed by atoms with Crippen LogP contribution in [0.15, 0.2) is 86.8 Å². The lowest BCUT2D eigenvalue weighted by Gasteiger charge is -2.07. The van der Waals surface area contributed by atoms with E-state index < -0.39 is 10.0 Å². The first kappa shape index (κ1) is 24.0. The molecule has 0 spiro atoms. The van der Waals surface area contributed by atoms with Gasteiger partial charge in [0.25, 0.3) is 10.0 Å². The normalized spacial score (nSPS) is 11.7. The van der Waals surface area contributed by atoms with E-state index in [1.54, 1.807) is 16.7 Å². The molecule has 0 saturated carbocycles. The van der Waals surface area contributed by atoms with Gasteiger partial charge in [-0.05, 0) is 35.4 Å². The number of nitrogens with one attached hydrogen (secondary N) is 1. The molecule has 178 valence electrons. The molecule has 0 aliphatic heterocycles. The molecule has 3 aromatic carbocycles. The molecule has 0 aliphatic rings. The van der Waals surface area contributed by atoms with Crippen molar-refractivity contribution in [2.24, 2.45) is 0 Å². The molecule has 2 heterocycles. The predicted molar refractivity (Wildman–Crippen MR) is 143 cm³/mol. The number of nitrogens with zero attached hydrogens (tertiary/aromatic N) is 3. The van der Waals surface area contributed by atoms with Crippen LogP contribution < -0.4 is 9.60 Å². The Morgan fingerprint density at radius 2 is 1.74 bits per heavy atom. The van der Waals surface area contributed by atoms with E-state index in [9.17, 15) is 13.2 Å². The Morgan fingerprint density at radius 1 is 0.971 bits per heavy atom. The van der Waals surface area contributed by atoms with E-state index in [0.29, 0.717) is 31.9 Å². The molecule has 5 aromatic rings. The smallest absolute Gasteiger partial charge is 0.294 e. The molecule has 0 saturated heterocycles. The molecule has 5 rings (SSSR count). The van der Waals surface area contributed by atoms with Gasteiger partial charge in [-0.25, -0.2) is 8.42 Å². The van der Waals surface area contributed by atoms with Crippen molar-refractivity contribution in [3.63, 3.8) is 0 Å². The zero-order valence-electron chi connectivity index (χ0n) is 17.9. The molecule has 0 radical (unpaired) electrons. The highest BCUT2D eigenvalue weighted by molar-refractivity contribution is 8.00. The van der Waals surface area contributed by atoms with E-state index in [-0.39, 0.29) is 14.9 Å². The van der Waals surface area contributed by atoms with Gasteiger partial charge in [0.2, 0.25) is 5.13 Å². The van der Waals surface area contributed by atoms with Crippen LogP contribution in [0.2, 0.25) is 5.02 Å². The number of fused-ring (bicyclic) bond motifs is 1. The second-order valence-electron chi connectivity index (χ2n) is 7.43. The standard InChI is InChI=1S/C23H17ClN4O3S4/c24-18-9-5-4-8-16(18)13-28-19-11-10-17(12-20(19)33-23(28)29)35(30,31)27-21-25-26-22(34-21)32-14-15-6-2-1-3-7-15/h1-12H,13-14H2,(H,25,27). The van der Waals surface area contributed by atoms with E-state index in [0.717, 1.165) is 22.5 Å². The fraction of sp³-hybridized carbons (Fsp3) is 0.0870. The van der Waals surface area contributed by atoms with E-state index in [1.165, 1.54) is 35.2 Å². The summed E-state index contributed by atoms with van der Waals surface area (Å²) in [6, 6.07) is 21.8. The minimum absolute atomic E-state index is 0.0461. The number of benzene rings is 3. The summed E-state index contributed by atoms with van der Waals surface area (Å²) in [7, 11) is -3.90. The van der Waals surface area contributed by atoms with E-state index in [2.05, 4.69) is 14.9 Å². The number of anilines is 1. The number of halogens is 1. The number of sulfonamides is 1. The van der Waals surface area contributed by atoms with Crippen molar-refractivity contribution in [3.8, 4) is 0 Å². The average molecular weight is 561 g/mol. The van der Waals surface area contributed by atoms with Crippen molar-refractivity contribution >= 4 is 71.4 Å². The Kier molecular flexibility index (Phi) is 6.94. The zero-order chi connectivity index (χ0) is 24.4. The number of hydrogen-bond acceptors (Lipinski definition) is 8. The number of rotatable bonds is 8. The van der Waals surface area contributed by atoms with Crippen LogP contribution in [0.25, 0.3) is 10.2 Å². The molecule has 0 bridgehead atoms. The molecule has 0 unspecified atom stereocenters. The highest BCUT2D eigenvalue weighted by atomic mass is 35.5. The van der Waals surface area contributed by atoms with Crippen LogP contribution in [0.3, 0.4) is 0 Å². The summed E-state index contributed by atoms with van der Waals surface area (Å²) in [5.74, 6) is 0.711. The molecule has 7 nitrogen and oxygen atoms in total. The molecule has 12 heteroatoms. The number of thiazole rings is 1.